The van der Waals surface area contributed by atoms with Gasteiger partial charge in [0.1, 0.15) is 0 Å². The largest absolute Gasteiger partial charge is 0.449 e. The van der Waals surface area contributed by atoms with Gasteiger partial charge >= 0.3 is 6.18 Å². The molecule has 0 atom stereocenters. The molecule has 0 aromatic carbocycles. The predicted octanol–water partition coefficient (Wildman–Crippen LogP) is 4.65. The molecule has 0 amide bonds. The van der Waals surface area contributed by atoms with Crippen LogP contribution in [0.3, 0.4) is 0 Å². The van der Waals surface area contributed by atoms with Crippen LogP contribution in [-0.2, 0) is 11.1 Å². The Morgan fingerprint density at radius 1 is 1.33 bits per heavy atom. The first-order valence-corrected chi connectivity index (χ1v) is 6.47. The Labute approximate surface area is 109 Å². The van der Waals surface area contributed by atoms with Gasteiger partial charge < -0.3 is 4.42 Å². The van der Waals surface area contributed by atoms with Gasteiger partial charge in [0.2, 0.25) is 5.76 Å². The highest BCUT2D eigenvalue weighted by atomic mass is 35.5. The molecule has 2 aromatic rings. The van der Waals surface area contributed by atoms with Crippen molar-refractivity contribution in [3.63, 3.8) is 0 Å². The van der Waals surface area contributed by atoms with Crippen LogP contribution in [0.15, 0.2) is 21.9 Å². The monoisotopic (exact) mass is 293 g/mol. The van der Waals surface area contributed by atoms with Crippen molar-refractivity contribution in [1.29, 1.82) is 0 Å². The lowest BCUT2D eigenvalue weighted by Crippen LogP contribution is -2.01. The fourth-order valence-electron chi connectivity index (χ4n) is 1.56. The van der Waals surface area contributed by atoms with Crippen LogP contribution < -0.4 is 0 Å². The third kappa shape index (κ3) is 2.03. The molecular weight excluding hydrogens is 287 g/mol. The Balaban J connectivity index is 1.91. The highest BCUT2D eigenvalue weighted by Gasteiger charge is 2.44. The molecule has 1 saturated carbocycles. The second-order valence-electron chi connectivity index (χ2n) is 4.16. The summed E-state index contributed by atoms with van der Waals surface area (Å²) in [6.07, 6.45) is -2.77. The first-order valence-electron chi connectivity index (χ1n) is 5.21. The summed E-state index contributed by atoms with van der Waals surface area (Å²) < 4.78 is 41.9. The zero-order valence-electron chi connectivity index (χ0n) is 8.92. The van der Waals surface area contributed by atoms with Crippen molar-refractivity contribution in [2.24, 2.45) is 0 Å². The van der Waals surface area contributed by atoms with Gasteiger partial charge in [-0.2, -0.15) is 13.2 Å². The summed E-state index contributed by atoms with van der Waals surface area (Å²) in [5, 5.41) is 2.19. The molecule has 0 spiro atoms. The van der Waals surface area contributed by atoms with Crippen LogP contribution in [0.5, 0.6) is 0 Å². The van der Waals surface area contributed by atoms with E-state index in [2.05, 4.69) is 4.98 Å². The maximum atomic E-state index is 12.4. The molecule has 1 fully saturated rings. The molecule has 0 unspecified atom stereocenters. The second-order valence-corrected chi connectivity index (χ2v) is 5.75. The molecule has 0 bridgehead atoms. The second kappa shape index (κ2) is 3.74. The minimum absolute atomic E-state index is 0.125. The highest BCUT2D eigenvalue weighted by Crippen LogP contribution is 2.52. The Morgan fingerprint density at radius 2 is 2.06 bits per heavy atom. The summed E-state index contributed by atoms with van der Waals surface area (Å²) in [5.74, 6) is -0.888. The van der Waals surface area contributed by atoms with Crippen LogP contribution in [0.2, 0.25) is 0 Å². The molecule has 0 saturated heterocycles. The number of furan rings is 1. The lowest BCUT2D eigenvalue weighted by Gasteiger charge is -2.00. The minimum atomic E-state index is -4.47. The normalized spacial score (nSPS) is 18.0. The van der Waals surface area contributed by atoms with Crippen LogP contribution >= 0.6 is 22.9 Å². The Bertz CT molecular complexity index is 544. The van der Waals surface area contributed by atoms with Crippen LogP contribution in [0.4, 0.5) is 13.2 Å². The smallest absolute Gasteiger partial charge is 0.449 e. The molecule has 7 heteroatoms. The van der Waals surface area contributed by atoms with Crippen molar-refractivity contribution in [2.75, 3.05) is 0 Å². The fourth-order valence-corrected chi connectivity index (χ4v) is 2.70. The first-order chi connectivity index (χ1) is 8.38. The number of halogens is 4. The van der Waals surface area contributed by atoms with E-state index in [0.717, 1.165) is 18.9 Å². The minimum Gasteiger partial charge on any atom is -0.449 e. The van der Waals surface area contributed by atoms with Crippen molar-refractivity contribution in [2.45, 2.75) is 23.9 Å². The number of aromatic nitrogens is 1. The molecular formula is C11H7ClF3NOS. The summed E-state index contributed by atoms with van der Waals surface area (Å²) in [6, 6.07) is 2.18. The van der Waals surface area contributed by atoms with Gasteiger partial charge in [-0.1, -0.05) is 0 Å². The zero-order chi connectivity index (χ0) is 13.0. The van der Waals surface area contributed by atoms with Gasteiger partial charge in [-0.05, 0) is 25.0 Å². The average Bonchev–Trinajstić information content (AvgIpc) is 2.77. The SMILES string of the molecule is FC(F)(F)c1ccc(-c2nc(C3(Cl)CC3)cs2)o1. The van der Waals surface area contributed by atoms with Gasteiger partial charge in [-0.15, -0.1) is 22.9 Å². The van der Waals surface area contributed by atoms with E-state index in [4.69, 9.17) is 16.0 Å². The fraction of sp³-hybridized carbons (Fsp3) is 0.364. The summed E-state index contributed by atoms with van der Waals surface area (Å²) in [4.78, 5) is 3.83. The highest BCUT2D eigenvalue weighted by molar-refractivity contribution is 7.13. The van der Waals surface area contributed by atoms with Gasteiger partial charge in [-0.3, -0.25) is 0 Å². The van der Waals surface area contributed by atoms with Gasteiger partial charge in [0.15, 0.2) is 10.8 Å². The van der Waals surface area contributed by atoms with E-state index in [1.807, 2.05) is 0 Å². The van der Waals surface area contributed by atoms with E-state index in [9.17, 15) is 13.2 Å². The number of hydrogen-bond acceptors (Lipinski definition) is 3. The lowest BCUT2D eigenvalue weighted by molar-refractivity contribution is -0.152. The first kappa shape index (κ1) is 12.0. The Hall–Kier alpha value is -1.01. The van der Waals surface area contributed by atoms with E-state index < -0.39 is 16.8 Å². The summed E-state index contributed by atoms with van der Waals surface area (Å²) in [6.45, 7) is 0. The van der Waals surface area contributed by atoms with Gasteiger partial charge in [-0.25, -0.2) is 4.98 Å². The summed E-state index contributed by atoms with van der Waals surface area (Å²) in [5.41, 5.74) is 0.717. The van der Waals surface area contributed by atoms with E-state index in [1.165, 1.54) is 17.4 Å². The molecule has 2 heterocycles. The maximum Gasteiger partial charge on any atom is 0.449 e. The van der Waals surface area contributed by atoms with Crippen LogP contribution in [0.25, 0.3) is 10.8 Å². The van der Waals surface area contributed by atoms with Gasteiger partial charge in [0.05, 0.1) is 10.6 Å². The number of alkyl halides is 4. The maximum absolute atomic E-state index is 12.4. The number of rotatable bonds is 2. The molecule has 0 N–H and O–H groups in total. The van der Waals surface area contributed by atoms with Crippen LogP contribution in [0, 0.1) is 0 Å². The third-order valence-corrected chi connectivity index (χ3v) is 4.18. The van der Waals surface area contributed by atoms with Crippen molar-refractivity contribution in [3.8, 4) is 10.8 Å². The van der Waals surface area contributed by atoms with E-state index in [0.29, 0.717) is 10.7 Å². The summed E-state index contributed by atoms with van der Waals surface area (Å²) in [7, 11) is 0. The molecule has 1 aliphatic carbocycles. The van der Waals surface area contributed by atoms with E-state index in [1.54, 1.807) is 5.38 Å². The third-order valence-electron chi connectivity index (χ3n) is 2.75. The molecule has 1 aliphatic rings. The lowest BCUT2D eigenvalue weighted by atomic mass is 10.3. The molecule has 96 valence electrons. The number of nitrogens with zero attached hydrogens (tertiary/aromatic N) is 1. The molecule has 18 heavy (non-hydrogen) atoms. The van der Waals surface area contributed by atoms with Crippen molar-refractivity contribution in [3.05, 3.63) is 29.0 Å². The average molecular weight is 294 g/mol. The molecule has 0 radical (unpaired) electrons. The number of hydrogen-bond donors (Lipinski definition) is 0. The topological polar surface area (TPSA) is 26.0 Å². The van der Waals surface area contributed by atoms with Crippen LogP contribution in [-0.4, -0.2) is 4.98 Å². The molecule has 3 rings (SSSR count). The number of thiazole rings is 1. The predicted molar refractivity (Wildman–Crippen MR) is 61.6 cm³/mol. The van der Waals surface area contributed by atoms with Crippen molar-refractivity contribution in [1.82, 2.24) is 4.98 Å². The summed E-state index contributed by atoms with van der Waals surface area (Å²) >= 11 is 7.42. The molecule has 0 aliphatic heterocycles. The van der Waals surface area contributed by atoms with Gasteiger partial charge in [0, 0.05) is 5.38 Å². The molecule has 2 aromatic heterocycles. The Morgan fingerprint density at radius 3 is 2.61 bits per heavy atom. The van der Waals surface area contributed by atoms with Gasteiger partial charge in [0.25, 0.3) is 0 Å². The van der Waals surface area contributed by atoms with Crippen molar-refractivity contribution >= 4 is 22.9 Å². The van der Waals surface area contributed by atoms with Crippen molar-refractivity contribution < 1.29 is 17.6 Å². The standard InChI is InChI=1S/C11H7ClF3NOS/c12-10(3-4-10)7-5-18-9(16-7)6-1-2-8(17-6)11(13,14)15/h1-2,5H,3-4H2. The van der Waals surface area contributed by atoms with E-state index in [-0.39, 0.29) is 5.76 Å². The van der Waals surface area contributed by atoms with Crippen LogP contribution in [0.1, 0.15) is 24.3 Å². The zero-order valence-corrected chi connectivity index (χ0v) is 10.5. The molecule has 2 nitrogen and oxygen atoms in total. The quantitative estimate of drug-likeness (QED) is 0.753. The van der Waals surface area contributed by atoms with E-state index >= 15 is 0 Å². The Kier molecular flexibility index (Phi) is 2.50.